The molecule has 2 unspecified atom stereocenters. The summed E-state index contributed by atoms with van der Waals surface area (Å²) in [5.41, 5.74) is 0.366. The SMILES string of the molecule is Cc1cc(C(=O)N2CC3CN(C(=O)Nc4cccc(F)c4)CC3(CO)C2)c(C)o1. The van der Waals surface area contributed by atoms with Crippen molar-refractivity contribution in [3.8, 4) is 0 Å². The number of carbonyl (C=O) groups is 2. The Kier molecular flexibility index (Phi) is 4.82. The van der Waals surface area contributed by atoms with E-state index in [0.29, 0.717) is 49.0 Å². The molecule has 2 N–H and O–H groups in total. The molecular formula is C21H24FN3O4. The highest BCUT2D eigenvalue weighted by atomic mass is 19.1. The number of nitrogens with one attached hydrogen (secondary N) is 1. The van der Waals surface area contributed by atoms with Crippen molar-refractivity contribution in [1.82, 2.24) is 9.80 Å². The van der Waals surface area contributed by atoms with Gasteiger partial charge in [-0.3, -0.25) is 4.79 Å². The highest BCUT2D eigenvalue weighted by Gasteiger charge is 2.54. The van der Waals surface area contributed by atoms with E-state index in [9.17, 15) is 19.1 Å². The van der Waals surface area contributed by atoms with Gasteiger partial charge in [-0.25, -0.2) is 9.18 Å². The predicted molar refractivity (Wildman–Crippen MR) is 104 cm³/mol. The maximum absolute atomic E-state index is 13.3. The molecule has 3 amide bonds. The molecule has 2 aliphatic rings. The molecule has 0 aliphatic carbocycles. The lowest BCUT2D eigenvalue weighted by Crippen LogP contribution is -2.41. The Morgan fingerprint density at radius 3 is 2.59 bits per heavy atom. The first-order chi connectivity index (χ1) is 13.8. The first-order valence-corrected chi connectivity index (χ1v) is 9.60. The third-order valence-corrected chi connectivity index (χ3v) is 6.00. The molecule has 1 aromatic carbocycles. The van der Waals surface area contributed by atoms with Crippen LogP contribution in [0.1, 0.15) is 21.9 Å². The number of halogens is 1. The number of benzene rings is 1. The zero-order valence-electron chi connectivity index (χ0n) is 16.4. The normalized spacial score (nSPS) is 23.4. The number of urea groups is 1. The molecule has 2 saturated heterocycles. The second-order valence-corrected chi connectivity index (χ2v) is 8.05. The van der Waals surface area contributed by atoms with Gasteiger partial charge in [-0.05, 0) is 38.1 Å². The van der Waals surface area contributed by atoms with Crippen LogP contribution in [-0.2, 0) is 0 Å². The number of anilines is 1. The maximum atomic E-state index is 13.3. The van der Waals surface area contributed by atoms with Crippen LogP contribution in [0.4, 0.5) is 14.9 Å². The molecule has 2 fully saturated rings. The third kappa shape index (κ3) is 3.48. The summed E-state index contributed by atoms with van der Waals surface area (Å²) in [6, 6.07) is 7.11. The summed E-state index contributed by atoms with van der Waals surface area (Å²) in [5, 5.41) is 12.8. The van der Waals surface area contributed by atoms with E-state index in [0.717, 1.165) is 0 Å². The standard InChI is InChI=1S/C21H24FN3O4/c1-13-6-18(14(2)29-13)19(27)24-8-15-9-25(11-21(15,10-24)12-26)20(28)23-17-5-3-4-16(22)7-17/h3-7,15,26H,8-12H2,1-2H3,(H,23,28). The number of amides is 3. The molecule has 7 nitrogen and oxygen atoms in total. The summed E-state index contributed by atoms with van der Waals surface area (Å²) in [5.74, 6) is 0.702. The van der Waals surface area contributed by atoms with Crippen molar-refractivity contribution in [3.63, 3.8) is 0 Å². The van der Waals surface area contributed by atoms with Gasteiger partial charge in [0, 0.05) is 43.2 Å². The highest BCUT2D eigenvalue weighted by Crippen LogP contribution is 2.43. The number of hydrogen-bond donors (Lipinski definition) is 2. The van der Waals surface area contributed by atoms with Crippen LogP contribution in [0.15, 0.2) is 34.7 Å². The van der Waals surface area contributed by atoms with E-state index in [1.165, 1.54) is 18.2 Å². The van der Waals surface area contributed by atoms with Crippen LogP contribution in [0.25, 0.3) is 0 Å². The Morgan fingerprint density at radius 1 is 1.24 bits per heavy atom. The fourth-order valence-electron chi connectivity index (χ4n) is 4.50. The van der Waals surface area contributed by atoms with Gasteiger partial charge in [-0.2, -0.15) is 0 Å². The Morgan fingerprint density at radius 2 is 1.97 bits per heavy atom. The smallest absolute Gasteiger partial charge is 0.321 e. The number of aliphatic hydroxyl groups excluding tert-OH is 1. The fraction of sp³-hybridized carbons (Fsp3) is 0.429. The number of furan rings is 1. The molecule has 3 heterocycles. The molecule has 0 radical (unpaired) electrons. The lowest BCUT2D eigenvalue weighted by atomic mass is 9.82. The minimum absolute atomic E-state index is 0.0250. The largest absolute Gasteiger partial charge is 0.466 e. The molecule has 154 valence electrons. The zero-order valence-corrected chi connectivity index (χ0v) is 16.4. The summed E-state index contributed by atoms with van der Waals surface area (Å²) in [7, 11) is 0. The molecule has 2 aromatic rings. The van der Waals surface area contributed by atoms with Crippen molar-refractivity contribution in [2.24, 2.45) is 11.3 Å². The van der Waals surface area contributed by atoms with Crippen molar-refractivity contribution in [2.75, 3.05) is 38.1 Å². The molecule has 29 heavy (non-hydrogen) atoms. The topological polar surface area (TPSA) is 86.0 Å². The summed E-state index contributed by atoms with van der Waals surface area (Å²) < 4.78 is 18.8. The van der Waals surface area contributed by atoms with Crippen LogP contribution < -0.4 is 5.32 Å². The van der Waals surface area contributed by atoms with Gasteiger partial charge in [0.25, 0.3) is 5.91 Å². The van der Waals surface area contributed by atoms with Gasteiger partial charge in [-0.1, -0.05) is 6.07 Å². The maximum Gasteiger partial charge on any atom is 0.321 e. The summed E-state index contributed by atoms with van der Waals surface area (Å²) >= 11 is 0. The lowest BCUT2D eigenvalue weighted by molar-refractivity contribution is 0.0729. The molecule has 1 aromatic heterocycles. The average Bonchev–Trinajstić information content (AvgIpc) is 3.31. The molecule has 0 spiro atoms. The minimum atomic E-state index is -0.554. The first-order valence-electron chi connectivity index (χ1n) is 9.60. The summed E-state index contributed by atoms with van der Waals surface area (Å²) in [6.45, 7) is 5.05. The monoisotopic (exact) mass is 401 g/mol. The van der Waals surface area contributed by atoms with Gasteiger partial charge in [-0.15, -0.1) is 0 Å². The second-order valence-electron chi connectivity index (χ2n) is 8.05. The summed E-state index contributed by atoms with van der Waals surface area (Å²) in [4.78, 5) is 28.9. The van der Waals surface area contributed by atoms with Gasteiger partial charge in [0.15, 0.2) is 0 Å². The zero-order chi connectivity index (χ0) is 20.8. The van der Waals surface area contributed by atoms with Crippen LogP contribution in [-0.4, -0.2) is 59.6 Å². The number of nitrogens with zero attached hydrogens (tertiary/aromatic N) is 2. The number of carbonyl (C=O) groups excluding carboxylic acids is 2. The van der Waals surface area contributed by atoms with Crippen molar-refractivity contribution < 1.29 is 23.5 Å². The first kappa shape index (κ1) is 19.4. The number of aryl methyl sites for hydroxylation is 2. The summed E-state index contributed by atoms with van der Waals surface area (Å²) in [6.07, 6.45) is 0. The fourth-order valence-corrected chi connectivity index (χ4v) is 4.50. The highest BCUT2D eigenvalue weighted by molar-refractivity contribution is 5.95. The molecule has 8 heteroatoms. The van der Waals surface area contributed by atoms with E-state index in [1.807, 2.05) is 0 Å². The van der Waals surface area contributed by atoms with Crippen molar-refractivity contribution >= 4 is 17.6 Å². The van der Waals surface area contributed by atoms with E-state index in [4.69, 9.17) is 4.42 Å². The molecule has 4 rings (SSSR count). The Labute approximate surface area is 168 Å². The van der Waals surface area contributed by atoms with Crippen molar-refractivity contribution in [2.45, 2.75) is 13.8 Å². The molecule has 2 aliphatic heterocycles. The number of rotatable bonds is 3. The van der Waals surface area contributed by atoms with Crippen LogP contribution in [0.2, 0.25) is 0 Å². The number of likely N-dealkylation sites (tertiary alicyclic amines) is 2. The molecule has 0 bridgehead atoms. The Bertz CT molecular complexity index is 959. The Balaban J connectivity index is 1.45. The number of hydrogen-bond acceptors (Lipinski definition) is 4. The van der Waals surface area contributed by atoms with Gasteiger partial charge < -0.3 is 24.6 Å². The Hall–Kier alpha value is -2.87. The van der Waals surface area contributed by atoms with Gasteiger partial charge in [0.1, 0.15) is 17.3 Å². The van der Waals surface area contributed by atoms with E-state index in [-0.39, 0.29) is 24.5 Å². The predicted octanol–water partition coefficient (Wildman–Crippen LogP) is 2.63. The van der Waals surface area contributed by atoms with E-state index >= 15 is 0 Å². The minimum Gasteiger partial charge on any atom is -0.466 e. The van der Waals surface area contributed by atoms with Crippen molar-refractivity contribution in [1.29, 1.82) is 0 Å². The molecule has 0 saturated carbocycles. The molecular weight excluding hydrogens is 377 g/mol. The van der Waals surface area contributed by atoms with Crippen molar-refractivity contribution in [3.05, 3.63) is 53.2 Å². The van der Waals surface area contributed by atoms with E-state index in [1.54, 1.807) is 35.8 Å². The quantitative estimate of drug-likeness (QED) is 0.828. The van der Waals surface area contributed by atoms with Gasteiger partial charge in [0.05, 0.1) is 12.2 Å². The lowest BCUT2D eigenvalue weighted by Gasteiger charge is -2.27. The number of fused-ring (bicyclic) bond motifs is 1. The van der Waals surface area contributed by atoms with Crippen LogP contribution in [0, 0.1) is 31.0 Å². The van der Waals surface area contributed by atoms with E-state index in [2.05, 4.69) is 5.32 Å². The second kappa shape index (κ2) is 7.18. The van der Waals surface area contributed by atoms with Crippen LogP contribution in [0.5, 0.6) is 0 Å². The van der Waals surface area contributed by atoms with Gasteiger partial charge in [0.2, 0.25) is 0 Å². The molecule has 2 atom stereocenters. The van der Waals surface area contributed by atoms with Crippen LogP contribution in [0.3, 0.4) is 0 Å². The van der Waals surface area contributed by atoms with Crippen LogP contribution >= 0.6 is 0 Å². The third-order valence-electron chi connectivity index (χ3n) is 6.00. The number of aliphatic hydroxyl groups is 1. The van der Waals surface area contributed by atoms with E-state index < -0.39 is 11.2 Å². The van der Waals surface area contributed by atoms with Gasteiger partial charge >= 0.3 is 6.03 Å². The average molecular weight is 401 g/mol.